The van der Waals surface area contributed by atoms with Crippen molar-refractivity contribution >= 4 is 35.2 Å². The molecule has 0 aliphatic heterocycles. The lowest BCUT2D eigenvalue weighted by molar-refractivity contribution is -0.116. The summed E-state index contributed by atoms with van der Waals surface area (Å²) in [4.78, 5) is 11.4. The molecule has 18 heavy (non-hydrogen) atoms. The zero-order valence-electron chi connectivity index (χ0n) is 9.83. The van der Waals surface area contributed by atoms with Crippen molar-refractivity contribution in [3.63, 3.8) is 0 Å². The number of carbonyl (C=O) groups excluding carboxylic acids is 1. The quantitative estimate of drug-likeness (QED) is 0.624. The summed E-state index contributed by atoms with van der Waals surface area (Å²) >= 11 is 11.7. The summed E-state index contributed by atoms with van der Waals surface area (Å²) in [6.07, 6.45) is 4.53. The molecule has 0 bridgehead atoms. The van der Waals surface area contributed by atoms with Crippen molar-refractivity contribution in [1.82, 2.24) is 5.32 Å². The molecule has 2 N–H and O–H groups in total. The van der Waals surface area contributed by atoms with Gasteiger partial charge in [-0.15, -0.1) is 0 Å². The van der Waals surface area contributed by atoms with Crippen molar-refractivity contribution < 1.29 is 9.90 Å². The number of aliphatic hydroxyl groups excluding tert-OH is 1. The summed E-state index contributed by atoms with van der Waals surface area (Å²) in [7, 11) is 0. The normalized spacial score (nSPS) is 10.8. The standard InChI is InChI=1S/C13H15Cl2NO2/c14-11-7-10(8-12(15)9-11)3-4-13(18)16-5-1-2-6-17/h3-4,7-9,17H,1-2,5-6H2,(H,16,18)/b4-3+. The maximum absolute atomic E-state index is 11.4. The molecule has 0 fully saturated rings. The second-order valence-electron chi connectivity index (χ2n) is 3.76. The molecule has 1 amide bonds. The minimum atomic E-state index is -0.177. The van der Waals surface area contributed by atoms with Gasteiger partial charge >= 0.3 is 0 Å². The predicted molar refractivity (Wildman–Crippen MR) is 74.8 cm³/mol. The van der Waals surface area contributed by atoms with Gasteiger partial charge in [-0.25, -0.2) is 0 Å². The zero-order chi connectivity index (χ0) is 13.4. The van der Waals surface area contributed by atoms with Crippen LogP contribution >= 0.6 is 23.2 Å². The first-order valence-corrected chi connectivity index (χ1v) is 6.40. The molecule has 5 heteroatoms. The van der Waals surface area contributed by atoms with Crippen LogP contribution < -0.4 is 5.32 Å². The van der Waals surface area contributed by atoms with E-state index < -0.39 is 0 Å². The molecule has 0 radical (unpaired) electrons. The molecule has 0 aliphatic carbocycles. The van der Waals surface area contributed by atoms with Crippen LogP contribution in [0.1, 0.15) is 18.4 Å². The van der Waals surface area contributed by atoms with Gasteiger partial charge in [0.15, 0.2) is 0 Å². The van der Waals surface area contributed by atoms with Gasteiger partial charge in [0.1, 0.15) is 0 Å². The Hall–Kier alpha value is -1.03. The fourth-order valence-electron chi connectivity index (χ4n) is 1.35. The number of hydrogen-bond donors (Lipinski definition) is 2. The van der Waals surface area contributed by atoms with Crippen molar-refractivity contribution in [3.8, 4) is 0 Å². The summed E-state index contributed by atoms with van der Waals surface area (Å²) in [6.45, 7) is 0.701. The van der Waals surface area contributed by atoms with E-state index in [0.717, 1.165) is 12.0 Å². The highest BCUT2D eigenvalue weighted by molar-refractivity contribution is 6.34. The van der Waals surface area contributed by atoms with E-state index in [4.69, 9.17) is 28.3 Å². The van der Waals surface area contributed by atoms with Crippen LogP contribution in [0.3, 0.4) is 0 Å². The summed E-state index contributed by atoms with van der Waals surface area (Å²) in [5.41, 5.74) is 0.776. The lowest BCUT2D eigenvalue weighted by atomic mass is 10.2. The van der Waals surface area contributed by atoms with Crippen LogP contribution in [0.25, 0.3) is 6.08 Å². The molecule has 0 aromatic heterocycles. The number of aliphatic hydroxyl groups is 1. The number of carbonyl (C=O) groups is 1. The molecule has 0 atom stereocenters. The second-order valence-corrected chi connectivity index (χ2v) is 4.63. The van der Waals surface area contributed by atoms with Gasteiger partial charge in [0.05, 0.1) is 0 Å². The van der Waals surface area contributed by atoms with Gasteiger partial charge in [0.25, 0.3) is 0 Å². The molecule has 1 aromatic rings. The van der Waals surface area contributed by atoms with Crippen LogP contribution in [0.4, 0.5) is 0 Å². The molecule has 0 heterocycles. The lowest BCUT2D eigenvalue weighted by Crippen LogP contribution is -2.22. The summed E-state index contributed by atoms with van der Waals surface area (Å²) in [6, 6.07) is 5.08. The molecule has 1 aromatic carbocycles. The monoisotopic (exact) mass is 287 g/mol. The summed E-state index contributed by atoms with van der Waals surface area (Å²) in [5.74, 6) is -0.177. The molecule has 0 aliphatic rings. The second kappa shape index (κ2) is 8.14. The third kappa shape index (κ3) is 6.05. The largest absolute Gasteiger partial charge is 0.396 e. The number of unbranched alkanes of at least 4 members (excludes halogenated alkanes) is 1. The number of amides is 1. The fourth-order valence-corrected chi connectivity index (χ4v) is 1.89. The van der Waals surface area contributed by atoms with E-state index in [0.29, 0.717) is 23.0 Å². The molecule has 98 valence electrons. The Balaban J connectivity index is 2.45. The molecular weight excluding hydrogens is 273 g/mol. The van der Waals surface area contributed by atoms with Crippen molar-refractivity contribution in [2.24, 2.45) is 0 Å². The maximum atomic E-state index is 11.4. The average Bonchev–Trinajstić information content (AvgIpc) is 2.31. The predicted octanol–water partition coefficient (Wildman–Crippen LogP) is 2.90. The van der Waals surface area contributed by atoms with Gasteiger partial charge in [0.2, 0.25) is 5.91 Å². The maximum Gasteiger partial charge on any atom is 0.243 e. The number of benzene rings is 1. The Bertz CT molecular complexity index is 413. The smallest absolute Gasteiger partial charge is 0.243 e. The summed E-state index contributed by atoms with van der Waals surface area (Å²) < 4.78 is 0. The number of halogens is 2. The molecule has 0 spiro atoms. The van der Waals surface area contributed by atoms with Gasteiger partial charge in [0, 0.05) is 29.3 Å². The highest BCUT2D eigenvalue weighted by Gasteiger charge is 1.97. The third-order valence-electron chi connectivity index (χ3n) is 2.20. The first-order chi connectivity index (χ1) is 8.61. The molecular formula is C13H15Cl2NO2. The molecule has 0 unspecified atom stereocenters. The number of rotatable bonds is 6. The van der Waals surface area contributed by atoms with Gasteiger partial charge < -0.3 is 10.4 Å². The SMILES string of the molecule is O=C(/C=C/c1cc(Cl)cc(Cl)c1)NCCCCO. The van der Waals surface area contributed by atoms with E-state index in [9.17, 15) is 4.79 Å². The zero-order valence-corrected chi connectivity index (χ0v) is 11.3. The minimum Gasteiger partial charge on any atom is -0.396 e. The van der Waals surface area contributed by atoms with Crippen LogP contribution in [-0.2, 0) is 4.79 Å². The van der Waals surface area contributed by atoms with E-state index in [1.807, 2.05) is 0 Å². The van der Waals surface area contributed by atoms with E-state index in [1.165, 1.54) is 6.08 Å². The summed E-state index contributed by atoms with van der Waals surface area (Å²) in [5, 5.41) is 12.4. The van der Waals surface area contributed by atoms with Crippen LogP contribution in [0.15, 0.2) is 24.3 Å². The molecule has 1 rings (SSSR count). The number of hydrogen-bond acceptors (Lipinski definition) is 2. The Morgan fingerprint density at radius 3 is 2.50 bits per heavy atom. The Morgan fingerprint density at radius 2 is 1.89 bits per heavy atom. The Morgan fingerprint density at radius 1 is 1.22 bits per heavy atom. The molecule has 0 saturated heterocycles. The van der Waals surface area contributed by atoms with E-state index in [2.05, 4.69) is 5.32 Å². The first-order valence-electron chi connectivity index (χ1n) is 5.64. The Kier molecular flexibility index (Phi) is 6.80. The van der Waals surface area contributed by atoms with E-state index >= 15 is 0 Å². The van der Waals surface area contributed by atoms with Crippen LogP contribution in [0.2, 0.25) is 10.0 Å². The minimum absolute atomic E-state index is 0.146. The number of nitrogens with one attached hydrogen (secondary N) is 1. The lowest BCUT2D eigenvalue weighted by Gasteiger charge is -2.00. The van der Waals surface area contributed by atoms with Crippen LogP contribution in [0.5, 0.6) is 0 Å². The first kappa shape index (κ1) is 15.0. The molecule has 0 saturated carbocycles. The van der Waals surface area contributed by atoms with Gasteiger partial charge in [-0.1, -0.05) is 23.2 Å². The van der Waals surface area contributed by atoms with Crippen molar-refractivity contribution in [2.75, 3.05) is 13.2 Å². The Labute approximate surface area is 116 Å². The van der Waals surface area contributed by atoms with E-state index in [-0.39, 0.29) is 12.5 Å². The van der Waals surface area contributed by atoms with E-state index in [1.54, 1.807) is 24.3 Å². The van der Waals surface area contributed by atoms with Crippen molar-refractivity contribution in [2.45, 2.75) is 12.8 Å². The van der Waals surface area contributed by atoms with Crippen LogP contribution in [-0.4, -0.2) is 24.2 Å². The van der Waals surface area contributed by atoms with Crippen LogP contribution in [0, 0.1) is 0 Å². The van der Waals surface area contributed by atoms with Crippen molar-refractivity contribution in [1.29, 1.82) is 0 Å². The van der Waals surface area contributed by atoms with Gasteiger partial charge in [-0.3, -0.25) is 4.79 Å². The van der Waals surface area contributed by atoms with Gasteiger partial charge in [-0.2, -0.15) is 0 Å². The highest BCUT2D eigenvalue weighted by atomic mass is 35.5. The van der Waals surface area contributed by atoms with Crippen molar-refractivity contribution in [3.05, 3.63) is 39.9 Å². The topological polar surface area (TPSA) is 49.3 Å². The van der Waals surface area contributed by atoms with Gasteiger partial charge in [-0.05, 0) is 42.7 Å². The average molecular weight is 288 g/mol. The third-order valence-corrected chi connectivity index (χ3v) is 2.63. The fraction of sp³-hybridized carbons (Fsp3) is 0.308. The highest BCUT2D eigenvalue weighted by Crippen LogP contribution is 2.19. The molecule has 3 nitrogen and oxygen atoms in total.